The number of nitrogens with zero attached hydrogens (tertiary/aromatic N) is 1. The van der Waals surface area contributed by atoms with Crippen LogP contribution in [0.1, 0.15) is 44.6 Å². The fourth-order valence-electron chi connectivity index (χ4n) is 3.59. The summed E-state index contributed by atoms with van der Waals surface area (Å²) in [4.78, 5) is 14.3. The lowest BCUT2D eigenvalue weighted by Crippen LogP contribution is -2.38. The van der Waals surface area contributed by atoms with E-state index in [0.29, 0.717) is 17.7 Å². The molecular formula is C17H23NO. The smallest absolute Gasteiger partial charge is 0.136 e. The van der Waals surface area contributed by atoms with E-state index in [1.807, 2.05) is 0 Å². The van der Waals surface area contributed by atoms with E-state index < -0.39 is 0 Å². The average molecular weight is 257 g/mol. The minimum atomic E-state index is 0.335. The van der Waals surface area contributed by atoms with E-state index in [9.17, 15) is 4.79 Å². The van der Waals surface area contributed by atoms with Crippen molar-refractivity contribution in [2.45, 2.75) is 51.5 Å². The summed E-state index contributed by atoms with van der Waals surface area (Å²) in [6, 6.07) is 9.35. The Labute approximate surface area is 115 Å². The topological polar surface area (TPSA) is 20.3 Å². The van der Waals surface area contributed by atoms with Crippen LogP contribution in [0.25, 0.3) is 0 Å². The van der Waals surface area contributed by atoms with Gasteiger partial charge in [-0.1, -0.05) is 18.2 Å². The third kappa shape index (κ3) is 2.54. The lowest BCUT2D eigenvalue weighted by atomic mass is 9.95. The molecule has 1 heterocycles. The van der Waals surface area contributed by atoms with Gasteiger partial charge in [0.05, 0.1) is 0 Å². The van der Waals surface area contributed by atoms with Gasteiger partial charge in [0.2, 0.25) is 0 Å². The van der Waals surface area contributed by atoms with Crippen LogP contribution >= 0.6 is 0 Å². The summed E-state index contributed by atoms with van der Waals surface area (Å²) in [7, 11) is 0. The molecule has 1 aromatic carbocycles. The molecule has 1 saturated carbocycles. The zero-order valence-electron chi connectivity index (χ0n) is 11.8. The summed E-state index contributed by atoms with van der Waals surface area (Å²) in [6.07, 6.45) is 6.50. The Balaban J connectivity index is 1.71. The molecule has 0 radical (unpaired) electrons. The van der Waals surface area contributed by atoms with E-state index >= 15 is 0 Å². The van der Waals surface area contributed by atoms with E-state index in [-0.39, 0.29) is 0 Å². The molecule has 0 N–H and O–H groups in total. The van der Waals surface area contributed by atoms with Gasteiger partial charge in [-0.3, -0.25) is 4.79 Å². The summed E-state index contributed by atoms with van der Waals surface area (Å²) >= 11 is 0. The van der Waals surface area contributed by atoms with Gasteiger partial charge in [0, 0.05) is 30.6 Å². The predicted octanol–water partition coefficient (Wildman–Crippen LogP) is 3.59. The van der Waals surface area contributed by atoms with Crippen molar-refractivity contribution in [2.75, 3.05) is 11.4 Å². The van der Waals surface area contributed by atoms with E-state index in [4.69, 9.17) is 0 Å². The normalized spacial score (nSPS) is 26.6. The fraction of sp³-hybridized carbons (Fsp3) is 0.588. The maximum absolute atomic E-state index is 11.8. The third-order valence-corrected chi connectivity index (χ3v) is 4.81. The van der Waals surface area contributed by atoms with Gasteiger partial charge in [-0.05, 0) is 50.7 Å². The van der Waals surface area contributed by atoms with Crippen molar-refractivity contribution < 1.29 is 4.79 Å². The third-order valence-electron chi connectivity index (χ3n) is 4.81. The van der Waals surface area contributed by atoms with Gasteiger partial charge >= 0.3 is 0 Å². The summed E-state index contributed by atoms with van der Waals surface area (Å²) < 4.78 is 0. The molecule has 102 valence electrons. The SMILES string of the molecule is CC1CCc2ccccc2N1CCC1CCCC1=O. The maximum Gasteiger partial charge on any atom is 0.136 e. The number of Topliss-reactive ketones (excluding diaryl/α,β-unsaturated/α-hetero) is 1. The number of hydrogen-bond acceptors (Lipinski definition) is 2. The molecule has 0 bridgehead atoms. The Morgan fingerprint density at radius 3 is 2.84 bits per heavy atom. The van der Waals surface area contributed by atoms with Gasteiger partial charge in [-0.25, -0.2) is 0 Å². The van der Waals surface area contributed by atoms with Crippen LogP contribution in [-0.4, -0.2) is 18.4 Å². The number of fused-ring (bicyclic) bond motifs is 1. The van der Waals surface area contributed by atoms with Crippen LogP contribution in [0.5, 0.6) is 0 Å². The number of carbonyl (C=O) groups is 1. The van der Waals surface area contributed by atoms with Gasteiger partial charge in [0.15, 0.2) is 0 Å². The molecule has 1 aromatic rings. The van der Waals surface area contributed by atoms with Crippen LogP contribution < -0.4 is 4.90 Å². The van der Waals surface area contributed by atoms with E-state index in [2.05, 4.69) is 36.1 Å². The zero-order valence-corrected chi connectivity index (χ0v) is 11.8. The highest BCUT2D eigenvalue weighted by atomic mass is 16.1. The van der Waals surface area contributed by atoms with Crippen molar-refractivity contribution in [3.63, 3.8) is 0 Å². The van der Waals surface area contributed by atoms with Gasteiger partial charge in [-0.2, -0.15) is 0 Å². The molecule has 1 aliphatic carbocycles. The molecule has 1 fully saturated rings. The van der Waals surface area contributed by atoms with Gasteiger partial charge < -0.3 is 4.90 Å². The maximum atomic E-state index is 11.8. The van der Waals surface area contributed by atoms with E-state index in [1.165, 1.54) is 24.1 Å². The average Bonchev–Trinajstić information content (AvgIpc) is 2.83. The largest absolute Gasteiger partial charge is 0.369 e. The number of rotatable bonds is 3. The second kappa shape index (κ2) is 5.36. The second-order valence-corrected chi connectivity index (χ2v) is 6.05. The monoisotopic (exact) mass is 257 g/mol. The molecule has 19 heavy (non-hydrogen) atoms. The van der Waals surface area contributed by atoms with Crippen LogP contribution in [0.3, 0.4) is 0 Å². The van der Waals surface area contributed by atoms with Crippen molar-refractivity contribution in [1.29, 1.82) is 0 Å². The number of carbonyl (C=O) groups excluding carboxylic acids is 1. The van der Waals surface area contributed by atoms with Crippen LogP contribution in [0.4, 0.5) is 5.69 Å². The first-order valence-corrected chi connectivity index (χ1v) is 7.63. The van der Waals surface area contributed by atoms with Crippen LogP contribution in [0.2, 0.25) is 0 Å². The molecule has 1 aliphatic heterocycles. The summed E-state index contributed by atoms with van der Waals surface area (Å²) in [5.41, 5.74) is 2.87. The first kappa shape index (κ1) is 12.7. The Morgan fingerprint density at radius 1 is 1.21 bits per heavy atom. The zero-order chi connectivity index (χ0) is 13.2. The van der Waals surface area contributed by atoms with Crippen molar-refractivity contribution in [2.24, 2.45) is 5.92 Å². The highest BCUT2D eigenvalue weighted by Gasteiger charge is 2.27. The lowest BCUT2D eigenvalue weighted by Gasteiger charge is -2.37. The molecule has 3 rings (SSSR count). The first-order valence-electron chi connectivity index (χ1n) is 7.63. The first-order chi connectivity index (χ1) is 9.25. The molecular weight excluding hydrogens is 234 g/mol. The summed E-state index contributed by atoms with van der Waals surface area (Å²) in [6.45, 7) is 3.35. The van der Waals surface area contributed by atoms with Gasteiger partial charge in [-0.15, -0.1) is 0 Å². The number of ketones is 1. The molecule has 0 saturated heterocycles. The van der Waals surface area contributed by atoms with Crippen LogP contribution in [0, 0.1) is 5.92 Å². The van der Waals surface area contributed by atoms with Gasteiger partial charge in [0.1, 0.15) is 5.78 Å². The van der Waals surface area contributed by atoms with E-state index in [1.54, 1.807) is 0 Å². The predicted molar refractivity (Wildman–Crippen MR) is 78.5 cm³/mol. The second-order valence-electron chi connectivity index (χ2n) is 6.05. The number of anilines is 1. The molecule has 2 unspecified atom stereocenters. The molecule has 0 amide bonds. The molecule has 2 atom stereocenters. The number of aryl methyl sites for hydroxylation is 1. The molecule has 0 spiro atoms. The minimum Gasteiger partial charge on any atom is -0.369 e. The summed E-state index contributed by atoms with van der Waals surface area (Å²) in [5.74, 6) is 0.833. The lowest BCUT2D eigenvalue weighted by molar-refractivity contribution is -0.120. The molecule has 2 nitrogen and oxygen atoms in total. The Kier molecular flexibility index (Phi) is 3.58. The molecule has 2 aliphatic rings. The number of para-hydroxylation sites is 1. The van der Waals surface area contributed by atoms with Crippen molar-refractivity contribution in [3.05, 3.63) is 29.8 Å². The van der Waals surface area contributed by atoms with Gasteiger partial charge in [0.25, 0.3) is 0 Å². The highest BCUT2D eigenvalue weighted by Crippen LogP contribution is 2.32. The standard InChI is InChI=1S/C17H23NO/c1-13-9-10-14-5-2-3-7-16(14)18(13)12-11-15-6-4-8-17(15)19/h2-3,5,7,13,15H,4,6,8-12H2,1H3. The van der Waals surface area contributed by atoms with Crippen molar-refractivity contribution >= 4 is 11.5 Å². The Morgan fingerprint density at radius 2 is 2.05 bits per heavy atom. The van der Waals surface area contributed by atoms with Crippen molar-refractivity contribution in [3.8, 4) is 0 Å². The quantitative estimate of drug-likeness (QED) is 0.825. The molecule has 0 aromatic heterocycles. The van der Waals surface area contributed by atoms with E-state index in [0.717, 1.165) is 32.2 Å². The molecule has 2 heteroatoms. The number of benzene rings is 1. The Hall–Kier alpha value is -1.31. The fourth-order valence-corrected chi connectivity index (χ4v) is 3.59. The number of hydrogen-bond donors (Lipinski definition) is 0. The highest BCUT2D eigenvalue weighted by molar-refractivity contribution is 5.82. The Bertz CT molecular complexity index is 468. The summed E-state index contributed by atoms with van der Waals surface area (Å²) in [5, 5.41) is 0. The van der Waals surface area contributed by atoms with Crippen LogP contribution in [-0.2, 0) is 11.2 Å². The van der Waals surface area contributed by atoms with Crippen molar-refractivity contribution in [1.82, 2.24) is 0 Å². The van der Waals surface area contributed by atoms with Crippen LogP contribution in [0.15, 0.2) is 24.3 Å². The minimum absolute atomic E-state index is 0.335.